The van der Waals surface area contributed by atoms with Crippen LogP contribution in [-0.2, 0) is 15.0 Å². The summed E-state index contributed by atoms with van der Waals surface area (Å²) < 4.78 is 29.6. The minimum Gasteiger partial charge on any atom is -0.484 e. The molecule has 1 amide bonds. The van der Waals surface area contributed by atoms with E-state index in [-0.39, 0.29) is 18.2 Å². The minimum atomic E-state index is -3.87. The molecule has 0 aromatic heterocycles. The van der Waals surface area contributed by atoms with E-state index in [4.69, 9.17) is 9.88 Å². The van der Waals surface area contributed by atoms with Crippen LogP contribution in [0.1, 0.15) is 25.3 Å². The summed E-state index contributed by atoms with van der Waals surface area (Å²) in [6.45, 7) is 4.04. The molecule has 0 saturated carbocycles. The van der Waals surface area contributed by atoms with Crippen LogP contribution < -0.4 is 19.9 Å². The van der Waals surface area contributed by atoms with Gasteiger partial charge in [-0.1, -0.05) is 32.0 Å². The monoisotopic (exact) mass is 363 g/mol. The number of ether oxygens (including phenoxy) is 1. The van der Waals surface area contributed by atoms with E-state index >= 15 is 0 Å². The zero-order valence-electron chi connectivity index (χ0n) is 14.0. The molecule has 0 heterocycles. The third-order valence-electron chi connectivity index (χ3n) is 3.32. The van der Waals surface area contributed by atoms with Crippen molar-refractivity contribution in [2.24, 2.45) is 5.14 Å². The summed E-state index contributed by atoms with van der Waals surface area (Å²) in [7, 11) is -3.87. The van der Waals surface area contributed by atoms with Crippen molar-refractivity contribution in [2.75, 3.05) is 16.6 Å². The van der Waals surface area contributed by atoms with Gasteiger partial charge >= 0.3 is 0 Å². The second kappa shape index (κ2) is 8.00. The summed E-state index contributed by atoms with van der Waals surface area (Å²) in [4.78, 5) is 12.0. The van der Waals surface area contributed by atoms with Gasteiger partial charge in [0.2, 0.25) is 0 Å². The number of hydrogen-bond donors (Lipinski definition) is 3. The topological polar surface area (TPSA) is 111 Å². The van der Waals surface area contributed by atoms with Crippen molar-refractivity contribution in [2.45, 2.75) is 19.8 Å². The third kappa shape index (κ3) is 6.44. The van der Waals surface area contributed by atoms with Crippen LogP contribution in [-0.4, -0.2) is 20.9 Å². The molecule has 0 aliphatic carbocycles. The van der Waals surface area contributed by atoms with Gasteiger partial charge in [0.05, 0.1) is 5.69 Å². The smallest absolute Gasteiger partial charge is 0.296 e. The van der Waals surface area contributed by atoms with E-state index in [1.807, 2.05) is 24.3 Å². The van der Waals surface area contributed by atoms with Crippen LogP contribution in [0.4, 0.5) is 11.4 Å². The van der Waals surface area contributed by atoms with Crippen molar-refractivity contribution in [3.63, 3.8) is 0 Å². The predicted molar refractivity (Wildman–Crippen MR) is 97.8 cm³/mol. The summed E-state index contributed by atoms with van der Waals surface area (Å²) in [6.07, 6.45) is 0. The number of nitrogens with one attached hydrogen (secondary N) is 2. The van der Waals surface area contributed by atoms with Gasteiger partial charge < -0.3 is 10.1 Å². The van der Waals surface area contributed by atoms with Gasteiger partial charge in [0.25, 0.3) is 16.1 Å². The molecule has 0 saturated heterocycles. The first kappa shape index (κ1) is 18.8. The van der Waals surface area contributed by atoms with E-state index < -0.39 is 10.2 Å². The van der Waals surface area contributed by atoms with Crippen LogP contribution in [0.15, 0.2) is 48.5 Å². The molecule has 25 heavy (non-hydrogen) atoms. The standard InChI is InChI=1S/C17H21N3O4S/c1-12(2)13-6-8-16(9-7-13)24-11-17(21)19-14-4-3-5-15(10-14)20-25(18,22)23/h3-10,12,20H,11H2,1-2H3,(H,19,21)(H2,18,22,23). The maximum Gasteiger partial charge on any atom is 0.296 e. The Morgan fingerprint density at radius 1 is 1.12 bits per heavy atom. The van der Waals surface area contributed by atoms with Gasteiger partial charge in [-0.2, -0.15) is 8.42 Å². The minimum absolute atomic E-state index is 0.159. The molecular weight excluding hydrogens is 342 g/mol. The number of nitrogens with two attached hydrogens (primary N) is 1. The van der Waals surface area contributed by atoms with Crippen molar-refractivity contribution in [3.05, 3.63) is 54.1 Å². The zero-order valence-corrected chi connectivity index (χ0v) is 14.8. The molecular formula is C17H21N3O4S. The van der Waals surface area contributed by atoms with Crippen molar-refractivity contribution < 1.29 is 17.9 Å². The summed E-state index contributed by atoms with van der Waals surface area (Å²) >= 11 is 0. The normalized spacial score (nSPS) is 11.2. The van der Waals surface area contributed by atoms with Crippen molar-refractivity contribution in [1.82, 2.24) is 0 Å². The number of anilines is 2. The third-order valence-corrected chi connectivity index (χ3v) is 3.84. The highest BCUT2D eigenvalue weighted by molar-refractivity contribution is 7.90. The Morgan fingerprint density at radius 2 is 1.76 bits per heavy atom. The van der Waals surface area contributed by atoms with Gasteiger partial charge in [0, 0.05) is 5.69 Å². The molecule has 0 radical (unpaired) electrons. The Bertz CT molecular complexity index is 833. The lowest BCUT2D eigenvalue weighted by Crippen LogP contribution is -2.22. The number of carbonyl (C=O) groups is 1. The van der Waals surface area contributed by atoms with E-state index in [9.17, 15) is 13.2 Å². The second-order valence-corrected chi connectivity index (χ2v) is 7.08. The van der Waals surface area contributed by atoms with Gasteiger partial charge in [-0.05, 0) is 41.8 Å². The lowest BCUT2D eigenvalue weighted by molar-refractivity contribution is -0.118. The molecule has 2 aromatic rings. The van der Waals surface area contributed by atoms with E-state index in [1.54, 1.807) is 12.1 Å². The average molecular weight is 363 g/mol. The summed E-state index contributed by atoms with van der Waals surface area (Å²) in [5.41, 5.74) is 1.87. The van der Waals surface area contributed by atoms with Crippen LogP contribution in [0.2, 0.25) is 0 Å². The van der Waals surface area contributed by atoms with Gasteiger partial charge in [-0.3, -0.25) is 9.52 Å². The molecule has 0 spiro atoms. The molecule has 2 rings (SSSR count). The quantitative estimate of drug-likeness (QED) is 0.701. The summed E-state index contributed by atoms with van der Waals surface area (Å²) in [5.74, 6) is 0.667. The SMILES string of the molecule is CC(C)c1ccc(OCC(=O)Nc2cccc(NS(N)(=O)=O)c2)cc1. The molecule has 2 aromatic carbocycles. The van der Waals surface area contributed by atoms with Crippen molar-refractivity contribution in [3.8, 4) is 5.75 Å². The average Bonchev–Trinajstić information content (AvgIpc) is 2.52. The molecule has 0 fully saturated rings. The number of amides is 1. The van der Waals surface area contributed by atoms with E-state index in [1.165, 1.54) is 17.7 Å². The highest BCUT2D eigenvalue weighted by atomic mass is 32.2. The molecule has 0 atom stereocenters. The maximum atomic E-state index is 12.0. The van der Waals surface area contributed by atoms with Crippen LogP contribution in [0.3, 0.4) is 0 Å². The Hall–Kier alpha value is -2.58. The molecule has 0 aliphatic rings. The Kier molecular flexibility index (Phi) is 6.00. The first-order valence-corrected chi connectivity index (χ1v) is 9.21. The Morgan fingerprint density at radius 3 is 2.36 bits per heavy atom. The van der Waals surface area contributed by atoms with Gasteiger partial charge in [0.15, 0.2) is 6.61 Å². The molecule has 0 aliphatic heterocycles. The van der Waals surface area contributed by atoms with Gasteiger partial charge in [-0.15, -0.1) is 0 Å². The van der Waals surface area contributed by atoms with Crippen molar-refractivity contribution in [1.29, 1.82) is 0 Å². The lowest BCUT2D eigenvalue weighted by atomic mass is 10.0. The number of benzene rings is 2. The lowest BCUT2D eigenvalue weighted by Gasteiger charge is -2.10. The van der Waals surface area contributed by atoms with E-state index in [2.05, 4.69) is 23.9 Å². The fraction of sp³-hybridized carbons (Fsp3) is 0.235. The number of rotatable bonds is 7. The zero-order chi connectivity index (χ0) is 18.4. The van der Waals surface area contributed by atoms with Gasteiger partial charge in [-0.25, -0.2) is 5.14 Å². The highest BCUT2D eigenvalue weighted by Gasteiger charge is 2.07. The second-order valence-electron chi connectivity index (χ2n) is 5.79. The van der Waals surface area contributed by atoms with E-state index in [0.717, 1.165) is 0 Å². The summed E-state index contributed by atoms with van der Waals surface area (Å²) in [6, 6.07) is 13.8. The van der Waals surface area contributed by atoms with Crippen LogP contribution in [0.25, 0.3) is 0 Å². The van der Waals surface area contributed by atoms with Crippen LogP contribution in [0, 0.1) is 0 Å². The van der Waals surface area contributed by atoms with E-state index in [0.29, 0.717) is 17.4 Å². The van der Waals surface area contributed by atoms with Crippen LogP contribution in [0.5, 0.6) is 5.75 Å². The maximum absolute atomic E-state index is 12.0. The largest absolute Gasteiger partial charge is 0.484 e. The molecule has 134 valence electrons. The predicted octanol–water partition coefficient (Wildman–Crippen LogP) is 2.44. The first-order chi connectivity index (χ1) is 11.7. The summed E-state index contributed by atoms with van der Waals surface area (Å²) in [5, 5.41) is 7.54. The fourth-order valence-electron chi connectivity index (χ4n) is 2.12. The highest BCUT2D eigenvalue weighted by Crippen LogP contribution is 2.19. The van der Waals surface area contributed by atoms with Gasteiger partial charge in [0.1, 0.15) is 5.75 Å². The molecule has 0 bridgehead atoms. The fourth-order valence-corrected chi connectivity index (χ4v) is 2.58. The Balaban J connectivity index is 1.91. The molecule has 8 heteroatoms. The molecule has 0 unspecified atom stereocenters. The van der Waals surface area contributed by atoms with Crippen LogP contribution >= 0.6 is 0 Å². The number of hydrogen-bond acceptors (Lipinski definition) is 4. The molecule has 7 nitrogen and oxygen atoms in total. The number of carbonyl (C=O) groups excluding carboxylic acids is 1. The Labute approximate surface area is 147 Å². The molecule has 4 N–H and O–H groups in total. The van der Waals surface area contributed by atoms with Crippen molar-refractivity contribution >= 4 is 27.5 Å². The first-order valence-electron chi connectivity index (χ1n) is 7.66.